The minimum Gasteiger partial charge on any atom is -0.344 e. The zero-order chi connectivity index (χ0) is 16.7. The first-order valence-corrected chi connectivity index (χ1v) is 10.2. The fourth-order valence-corrected chi connectivity index (χ4v) is 5.07. The standard InChI is InChI=1S/C20H28BrN3/c1-13-11-19-20(14(2)23-13)17-12-16(21)3-4-18(17)24(19)10-7-15-5-8-22-9-6-15/h3-4,12-15,22-23H,5-11H2,1-2H3. The van der Waals surface area contributed by atoms with Crippen LogP contribution in [0.3, 0.4) is 0 Å². The van der Waals surface area contributed by atoms with Gasteiger partial charge in [0.15, 0.2) is 0 Å². The first-order chi connectivity index (χ1) is 11.6. The summed E-state index contributed by atoms with van der Waals surface area (Å²) < 4.78 is 3.81. The van der Waals surface area contributed by atoms with Gasteiger partial charge in [0.25, 0.3) is 0 Å². The van der Waals surface area contributed by atoms with Gasteiger partial charge in [-0.3, -0.25) is 0 Å². The van der Waals surface area contributed by atoms with E-state index in [4.69, 9.17) is 0 Å². The molecule has 0 aliphatic carbocycles. The Hall–Kier alpha value is -0.840. The lowest BCUT2D eigenvalue weighted by Gasteiger charge is -2.29. The number of benzene rings is 1. The zero-order valence-electron chi connectivity index (χ0n) is 14.7. The Bertz CT molecular complexity index is 730. The van der Waals surface area contributed by atoms with Crippen LogP contribution in [0.1, 0.15) is 50.4 Å². The maximum Gasteiger partial charge on any atom is 0.0486 e. The van der Waals surface area contributed by atoms with Crippen LogP contribution < -0.4 is 10.6 Å². The molecule has 2 aliphatic heterocycles. The third kappa shape index (κ3) is 3.04. The molecule has 1 fully saturated rings. The van der Waals surface area contributed by atoms with Crippen molar-refractivity contribution in [2.24, 2.45) is 5.92 Å². The molecule has 3 heterocycles. The van der Waals surface area contributed by atoms with Crippen molar-refractivity contribution < 1.29 is 0 Å². The Morgan fingerprint density at radius 2 is 2.00 bits per heavy atom. The Balaban J connectivity index is 1.72. The number of halogens is 1. The number of hydrogen-bond donors (Lipinski definition) is 2. The zero-order valence-corrected chi connectivity index (χ0v) is 16.3. The minimum atomic E-state index is 0.431. The van der Waals surface area contributed by atoms with Crippen LogP contribution in [0.5, 0.6) is 0 Å². The molecule has 2 atom stereocenters. The maximum absolute atomic E-state index is 3.73. The van der Waals surface area contributed by atoms with Crippen molar-refractivity contribution in [3.05, 3.63) is 33.9 Å². The molecular formula is C20H28BrN3. The molecule has 1 aromatic heterocycles. The SMILES string of the molecule is CC1Cc2c(c3cc(Br)ccc3n2CCC2CCNCC2)C(C)N1. The van der Waals surface area contributed by atoms with Crippen LogP contribution in [-0.2, 0) is 13.0 Å². The number of piperidine rings is 1. The summed E-state index contributed by atoms with van der Waals surface area (Å²) in [6.07, 6.45) is 5.12. The predicted molar refractivity (Wildman–Crippen MR) is 105 cm³/mol. The molecule has 2 aromatic rings. The van der Waals surface area contributed by atoms with E-state index in [0.29, 0.717) is 12.1 Å². The fourth-order valence-electron chi connectivity index (χ4n) is 4.71. The first kappa shape index (κ1) is 16.6. The van der Waals surface area contributed by atoms with E-state index in [0.717, 1.165) is 18.9 Å². The number of fused-ring (bicyclic) bond motifs is 3. The summed E-state index contributed by atoms with van der Waals surface area (Å²) in [6, 6.07) is 7.79. The molecule has 0 spiro atoms. The second-order valence-corrected chi connectivity index (χ2v) is 8.56. The lowest BCUT2D eigenvalue weighted by molar-refractivity contribution is 0.335. The second kappa shape index (κ2) is 6.81. The van der Waals surface area contributed by atoms with Crippen molar-refractivity contribution >= 4 is 26.8 Å². The van der Waals surface area contributed by atoms with E-state index >= 15 is 0 Å². The van der Waals surface area contributed by atoms with Crippen LogP contribution in [0.15, 0.2) is 22.7 Å². The van der Waals surface area contributed by atoms with Crippen LogP contribution >= 0.6 is 15.9 Å². The Morgan fingerprint density at radius 1 is 1.21 bits per heavy atom. The van der Waals surface area contributed by atoms with Crippen molar-refractivity contribution in [2.45, 2.75) is 58.2 Å². The summed E-state index contributed by atoms with van der Waals surface area (Å²) in [6.45, 7) is 8.17. The largest absolute Gasteiger partial charge is 0.344 e. The minimum absolute atomic E-state index is 0.431. The third-order valence-electron chi connectivity index (χ3n) is 5.86. The molecule has 1 saturated heterocycles. The molecule has 130 valence electrons. The van der Waals surface area contributed by atoms with E-state index in [1.54, 1.807) is 5.69 Å². The predicted octanol–water partition coefficient (Wildman–Crippen LogP) is 4.39. The van der Waals surface area contributed by atoms with E-state index < -0.39 is 0 Å². The quantitative estimate of drug-likeness (QED) is 0.814. The highest BCUT2D eigenvalue weighted by atomic mass is 79.9. The normalized spacial score (nSPS) is 25.1. The van der Waals surface area contributed by atoms with Gasteiger partial charge >= 0.3 is 0 Å². The monoisotopic (exact) mass is 389 g/mol. The topological polar surface area (TPSA) is 29.0 Å². The van der Waals surface area contributed by atoms with E-state index in [-0.39, 0.29) is 0 Å². The van der Waals surface area contributed by atoms with E-state index in [1.165, 1.54) is 53.3 Å². The fraction of sp³-hybridized carbons (Fsp3) is 0.600. The average Bonchev–Trinajstić information content (AvgIpc) is 2.86. The molecule has 4 rings (SSSR count). The number of rotatable bonds is 3. The maximum atomic E-state index is 3.73. The molecule has 2 N–H and O–H groups in total. The summed E-state index contributed by atoms with van der Waals surface area (Å²) in [5.41, 5.74) is 4.50. The van der Waals surface area contributed by atoms with Crippen molar-refractivity contribution in [3.63, 3.8) is 0 Å². The molecule has 2 aliphatic rings. The number of nitrogens with zero attached hydrogens (tertiary/aromatic N) is 1. The molecule has 2 unspecified atom stereocenters. The van der Waals surface area contributed by atoms with Crippen LogP contribution in [0.4, 0.5) is 0 Å². The summed E-state index contributed by atoms with van der Waals surface area (Å²) in [4.78, 5) is 0. The Labute approximate surface area is 153 Å². The van der Waals surface area contributed by atoms with Gasteiger partial charge in [-0.2, -0.15) is 0 Å². The number of aromatic nitrogens is 1. The van der Waals surface area contributed by atoms with Gasteiger partial charge in [-0.15, -0.1) is 0 Å². The van der Waals surface area contributed by atoms with Crippen LogP contribution in [0.25, 0.3) is 10.9 Å². The van der Waals surface area contributed by atoms with Crippen molar-refractivity contribution in [3.8, 4) is 0 Å². The van der Waals surface area contributed by atoms with Crippen molar-refractivity contribution in [1.29, 1.82) is 0 Å². The van der Waals surface area contributed by atoms with Crippen LogP contribution in [0.2, 0.25) is 0 Å². The molecule has 0 saturated carbocycles. The number of aryl methyl sites for hydroxylation is 1. The molecule has 1 aromatic carbocycles. The van der Waals surface area contributed by atoms with E-state index in [9.17, 15) is 0 Å². The summed E-state index contributed by atoms with van der Waals surface area (Å²) in [5.74, 6) is 0.881. The van der Waals surface area contributed by atoms with Gasteiger partial charge in [0.2, 0.25) is 0 Å². The molecule has 4 heteroatoms. The molecule has 0 bridgehead atoms. The Morgan fingerprint density at radius 3 is 2.79 bits per heavy atom. The van der Waals surface area contributed by atoms with Gasteiger partial charge in [-0.05, 0) is 75.9 Å². The summed E-state index contributed by atoms with van der Waals surface area (Å²) >= 11 is 3.67. The van der Waals surface area contributed by atoms with Crippen molar-refractivity contribution in [1.82, 2.24) is 15.2 Å². The van der Waals surface area contributed by atoms with Gasteiger partial charge in [-0.25, -0.2) is 0 Å². The van der Waals surface area contributed by atoms with Gasteiger partial charge in [0, 0.05) is 46.1 Å². The molecular weight excluding hydrogens is 362 g/mol. The lowest BCUT2D eigenvalue weighted by Crippen LogP contribution is -2.36. The second-order valence-electron chi connectivity index (χ2n) is 7.65. The number of hydrogen-bond acceptors (Lipinski definition) is 2. The number of nitrogens with one attached hydrogen (secondary N) is 2. The molecule has 0 amide bonds. The average molecular weight is 390 g/mol. The van der Waals surface area contributed by atoms with E-state index in [2.05, 4.69) is 63.2 Å². The summed E-state index contributed by atoms with van der Waals surface area (Å²) in [5, 5.41) is 8.64. The van der Waals surface area contributed by atoms with Crippen LogP contribution in [-0.4, -0.2) is 23.7 Å². The van der Waals surface area contributed by atoms with Gasteiger partial charge < -0.3 is 15.2 Å². The van der Waals surface area contributed by atoms with E-state index in [1.807, 2.05) is 0 Å². The molecule has 0 radical (unpaired) electrons. The van der Waals surface area contributed by atoms with Gasteiger partial charge in [-0.1, -0.05) is 15.9 Å². The highest BCUT2D eigenvalue weighted by Gasteiger charge is 2.28. The highest BCUT2D eigenvalue weighted by Crippen LogP contribution is 2.37. The van der Waals surface area contributed by atoms with Crippen LogP contribution in [0, 0.1) is 5.92 Å². The summed E-state index contributed by atoms with van der Waals surface area (Å²) in [7, 11) is 0. The first-order valence-electron chi connectivity index (χ1n) is 9.40. The lowest BCUT2D eigenvalue weighted by atomic mass is 9.94. The molecule has 3 nitrogen and oxygen atoms in total. The van der Waals surface area contributed by atoms with Gasteiger partial charge in [0.1, 0.15) is 0 Å². The highest BCUT2D eigenvalue weighted by molar-refractivity contribution is 9.10. The van der Waals surface area contributed by atoms with Gasteiger partial charge in [0.05, 0.1) is 0 Å². The molecule has 24 heavy (non-hydrogen) atoms. The third-order valence-corrected chi connectivity index (χ3v) is 6.36. The smallest absolute Gasteiger partial charge is 0.0486 e. The van der Waals surface area contributed by atoms with Crippen molar-refractivity contribution in [2.75, 3.05) is 13.1 Å². The Kier molecular flexibility index (Phi) is 4.72.